The van der Waals surface area contributed by atoms with Crippen LogP contribution in [0.1, 0.15) is 32.1 Å². The van der Waals surface area contributed by atoms with Crippen LogP contribution in [0.2, 0.25) is 0 Å². The van der Waals surface area contributed by atoms with Gasteiger partial charge in [-0.15, -0.1) is 0 Å². The van der Waals surface area contributed by atoms with E-state index in [2.05, 4.69) is 22.0 Å². The van der Waals surface area contributed by atoms with Crippen LogP contribution in [0.3, 0.4) is 0 Å². The van der Waals surface area contributed by atoms with Crippen molar-refractivity contribution in [3.63, 3.8) is 0 Å². The maximum Gasteiger partial charge on any atom is 0.241 e. The quantitative estimate of drug-likeness (QED) is 0.763. The first kappa shape index (κ1) is 16.2. The van der Waals surface area contributed by atoms with Crippen LogP contribution in [-0.2, 0) is 16.4 Å². The summed E-state index contributed by atoms with van der Waals surface area (Å²) in [5.41, 5.74) is 0.767. The smallest absolute Gasteiger partial charge is 0.241 e. The van der Waals surface area contributed by atoms with Gasteiger partial charge < -0.3 is 8.94 Å². The standard InChI is InChI=1S/C15H21N3O4S/c1-2-3-6-18(13-5-8-23(19,20)11-13)9-14-16-15(17-22-14)12-4-7-21-10-12/h4,7,10,13H,2-3,5-6,8-9,11H2,1H3. The molecule has 1 aliphatic heterocycles. The average Bonchev–Trinajstić information content (AvgIpc) is 3.23. The summed E-state index contributed by atoms with van der Waals surface area (Å²) in [5.74, 6) is 1.48. The van der Waals surface area contributed by atoms with E-state index in [0.29, 0.717) is 24.7 Å². The molecule has 126 valence electrons. The van der Waals surface area contributed by atoms with Gasteiger partial charge in [0.2, 0.25) is 11.7 Å². The number of rotatable bonds is 7. The van der Waals surface area contributed by atoms with E-state index >= 15 is 0 Å². The van der Waals surface area contributed by atoms with Gasteiger partial charge in [0.05, 0.1) is 29.9 Å². The molecule has 1 unspecified atom stereocenters. The number of aromatic nitrogens is 2. The summed E-state index contributed by atoms with van der Waals surface area (Å²) in [6, 6.07) is 1.81. The highest BCUT2D eigenvalue weighted by molar-refractivity contribution is 7.91. The van der Waals surface area contributed by atoms with Crippen LogP contribution >= 0.6 is 0 Å². The van der Waals surface area contributed by atoms with Crippen molar-refractivity contribution in [3.05, 3.63) is 24.5 Å². The lowest BCUT2D eigenvalue weighted by atomic mass is 10.2. The van der Waals surface area contributed by atoms with Crippen LogP contribution in [0.15, 0.2) is 27.5 Å². The Hall–Kier alpha value is -1.67. The Kier molecular flexibility index (Phi) is 4.82. The van der Waals surface area contributed by atoms with Crippen molar-refractivity contribution in [2.45, 2.75) is 38.8 Å². The molecule has 23 heavy (non-hydrogen) atoms. The van der Waals surface area contributed by atoms with Gasteiger partial charge >= 0.3 is 0 Å². The minimum Gasteiger partial charge on any atom is -0.472 e. The zero-order valence-electron chi connectivity index (χ0n) is 13.1. The predicted molar refractivity (Wildman–Crippen MR) is 84.4 cm³/mol. The van der Waals surface area contributed by atoms with Crippen LogP contribution in [0.25, 0.3) is 11.4 Å². The number of unbranched alkanes of at least 4 members (excludes halogenated alkanes) is 1. The van der Waals surface area contributed by atoms with Crippen molar-refractivity contribution >= 4 is 9.84 Å². The Morgan fingerprint density at radius 1 is 1.43 bits per heavy atom. The second kappa shape index (κ2) is 6.84. The van der Waals surface area contributed by atoms with Gasteiger partial charge in [0.25, 0.3) is 0 Å². The minimum atomic E-state index is -2.91. The fourth-order valence-corrected chi connectivity index (χ4v) is 4.58. The van der Waals surface area contributed by atoms with E-state index in [1.807, 2.05) is 0 Å². The van der Waals surface area contributed by atoms with E-state index < -0.39 is 9.84 Å². The minimum absolute atomic E-state index is 0.0378. The molecular weight excluding hydrogens is 318 g/mol. The van der Waals surface area contributed by atoms with Crippen LogP contribution in [0.5, 0.6) is 0 Å². The van der Waals surface area contributed by atoms with E-state index in [-0.39, 0.29) is 17.5 Å². The number of nitrogens with zero attached hydrogens (tertiary/aromatic N) is 3. The van der Waals surface area contributed by atoms with Gasteiger partial charge in [-0.2, -0.15) is 4.98 Å². The van der Waals surface area contributed by atoms with Crippen molar-refractivity contribution in [1.29, 1.82) is 0 Å². The van der Waals surface area contributed by atoms with Gasteiger partial charge in [-0.25, -0.2) is 8.42 Å². The molecule has 7 nitrogen and oxygen atoms in total. The Morgan fingerprint density at radius 2 is 2.30 bits per heavy atom. The van der Waals surface area contributed by atoms with Crippen LogP contribution < -0.4 is 0 Å². The molecule has 0 radical (unpaired) electrons. The van der Waals surface area contributed by atoms with Gasteiger partial charge in [-0.1, -0.05) is 18.5 Å². The van der Waals surface area contributed by atoms with Crippen LogP contribution in [0.4, 0.5) is 0 Å². The number of hydrogen-bond acceptors (Lipinski definition) is 7. The van der Waals surface area contributed by atoms with Crippen molar-refractivity contribution in [1.82, 2.24) is 15.0 Å². The second-order valence-corrected chi connectivity index (χ2v) is 8.13. The molecule has 3 heterocycles. The van der Waals surface area contributed by atoms with Gasteiger partial charge in [0.1, 0.15) is 6.26 Å². The Morgan fingerprint density at radius 3 is 2.96 bits per heavy atom. The molecule has 0 amide bonds. The molecule has 0 N–H and O–H groups in total. The van der Waals surface area contributed by atoms with Gasteiger partial charge in [0, 0.05) is 6.04 Å². The molecule has 1 atom stereocenters. The summed E-state index contributed by atoms with van der Waals surface area (Å²) < 4.78 is 33.8. The fraction of sp³-hybridized carbons (Fsp3) is 0.600. The van der Waals surface area contributed by atoms with Crippen molar-refractivity contribution in [2.24, 2.45) is 0 Å². The molecule has 1 fully saturated rings. The van der Waals surface area contributed by atoms with Gasteiger partial charge in [-0.05, 0) is 25.5 Å². The van der Waals surface area contributed by atoms with Crippen molar-refractivity contribution in [3.8, 4) is 11.4 Å². The predicted octanol–water partition coefficient (Wildman–Crippen LogP) is 2.12. The second-order valence-electron chi connectivity index (χ2n) is 5.90. The lowest BCUT2D eigenvalue weighted by Crippen LogP contribution is -2.36. The van der Waals surface area contributed by atoms with Crippen molar-refractivity contribution < 1.29 is 17.4 Å². The van der Waals surface area contributed by atoms with E-state index in [0.717, 1.165) is 24.9 Å². The summed E-state index contributed by atoms with van der Waals surface area (Å²) >= 11 is 0. The molecule has 0 spiro atoms. The van der Waals surface area contributed by atoms with Gasteiger partial charge in [0.15, 0.2) is 9.84 Å². The largest absolute Gasteiger partial charge is 0.472 e. The molecule has 1 aliphatic rings. The summed E-state index contributed by atoms with van der Waals surface area (Å²) in [4.78, 5) is 6.53. The molecule has 8 heteroatoms. The van der Waals surface area contributed by atoms with Gasteiger partial charge in [-0.3, -0.25) is 4.90 Å². The third kappa shape index (κ3) is 4.00. The maximum atomic E-state index is 11.7. The highest BCUT2D eigenvalue weighted by Crippen LogP contribution is 2.21. The van der Waals surface area contributed by atoms with Crippen LogP contribution in [0, 0.1) is 0 Å². The zero-order valence-corrected chi connectivity index (χ0v) is 14.0. The zero-order chi connectivity index (χ0) is 16.3. The lowest BCUT2D eigenvalue weighted by Gasteiger charge is -2.26. The molecular formula is C15H21N3O4S. The lowest BCUT2D eigenvalue weighted by molar-refractivity contribution is 0.175. The number of sulfone groups is 1. The third-order valence-corrected chi connectivity index (χ3v) is 5.86. The molecule has 2 aromatic rings. The first-order valence-corrected chi connectivity index (χ1v) is 9.69. The summed E-state index contributed by atoms with van der Waals surface area (Å²) in [5, 5.41) is 3.96. The number of furan rings is 1. The molecule has 0 aliphatic carbocycles. The molecule has 0 saturated carbocycles. The molecule has 0 bridgehead atoms. The fourth-order valence-electron chi connectivity index (χ4n) is 2.82. The Balaban J connectivity index is 1.71. The van der Waals surface area contributed by atoms with E-state index in [1.165, 1.54) is 0 Å². The SMILES string of the molecule is CCCCN(Cc1nc(-c2ccoc2)no1)C1CCS(=O)(=O)C1. The maximum absolute atomic E-state index is 11.7. The average molecular weight is 339 g/mol. The van der Waals surface area contributed by atoms with Crippen LogP contribution in [-0.4, -0.2) is 47.6 Å². The molecule has 2 aromatic heterocycles. The van der Waals surface area contributed by atoms with E-state index in [4.69, 9.17) is 8.94 Å². The van der Waals surface area contributed by atoms with Crippen molar-refractivity contribution in [2.75, 3.05) is 18.1 Å². The molecule has 1 saturated heterocycles. The number of hydrogen-bond donors (Lipinski definition) is 0. The highest BCUT2D eigenvalue weighted by atomic mass is 32.2. The topological polar surface area (TPSA) is 89.4 Å². The Labute approximate surface area is 135 Å². The van der Waals surface area contributed by atoms with E-state index in [9.17, 15) is 8.42 Å². The summed E-state index contributed by atoms with van der Waals surface area (Å²) in [7, 11) is -2.91. The first-order valence-electron chi connectivity index (χ1n) is 7.87. The molecule has 0 aromatic carbocycles. The third-order valence-electron chi connectivity index (χ3n) is 4.11. The monoisotopic (exact) mass is 339 g/mol. The van der Waals surface area contributed by atoms with E-state index in [1.54, 1.807) is 18.6 Å². The molecule has 3 rings (SSSR count). The highest BCUT2D eigenvalue weighted by Gasteiger charge is 2.32. The Bertz CT molecular complexity index is 724. The summed E-state index contributed by atoms with van der Waals surface area (Å²) in [6.07, 6.45) is 5.86. The normalized spacial score (nSPS) is 20.3. The first-order chi connectivity index (χ1) is 11.1. The summed E-state index contributed by atoms with van der Waals surface area (Å²) in [6.45, 7) is 3.43.